The van der Waals surface area contributed by atoms with Crippen LogP contribution >= 0.6 is 0 Å². The number of hydrogen-bond donors (Lipinski definition) is 0. The third-order valence-electron chi connectivity index (χ3n) is 4.32. The molecule has 1 aliphatic heterocycles. The number of furan rings is 1. The van der Waals surface area contributed by atoms with Gasteiger partial charge >= 0.3 is 0 Å². The van der Waals surface area contributed by atoms with Crippen LogP contribution in [0.25, 0.3) is 22.1 Å². The minimum Gasteiger partial charge on any atom is -0.435 e. The molecule has 0 amide bonds. The largest absolute Gasteiger partial charge is 0.435 e. The number of fused-ring (bicyclic) bond motifs is 4. The van der Waals surface area contributed by atoms with Crippen molar-refractivity contribution in [3.8, 4) is 0 Å². The van der Waals surface area contributed by atoms with Crippen molar-refractivity contribution >= 4 is 39.4 Å². The summed E-state index contributed by atoms with van der Waals surface area (Å²) in [6, 6.07) is 7.81. The molecule has 0 fully saturated rings. The van der Waals surface area contributed by atoms with Crippen LogP contribution in [-0.2, 0) is 0 Å². The molecule has 0 atom stereocenters. The number of hydrogen-bond acceptors (Lipinski definition) is 6. The zero-order chi connectivity index (χ0) is 18.8. The number of anilines is 3. The van der Waals surface area contributed by atoms with E-state index in [2.05, 4.69) is 15.0 Å². The van der Waals surface area contributed by atoms with Gasteiger partial charge in [0, 0.05) is 40.5 Å². The maximum atomic E-state index is 7.85. The average Bonchev–Trinajstić information content (AvgIpc) is 3.20. The lowest BCUT2D eigenvalue weighted by Crippen LogP contribution is -2.25. The van der Waals surface area contributed by atoms with Crippen molar-refractivity contribution in [2.75, 3.05) is 23.4 Å². The molecule has 24 heavy (non-hydrogen) atoms. The molecule has 0 unspecified atom stereocenters. The molecule has 0 saturated carbocycles. The summed E-state index contributed by atoms with van der Waals surface area (Å²) in [7, 11) is 0. The SMILES string of the molecule is [2H]C([2H])([2H])N1CN(c2c(C)ccc3c2oc2ncccc23)c2nccnc21. The number of aryl methyl sites for hydroxylation is 1. The molecule has 4 heterocycles. The van der Waals surface area contributed by atoms with Crippen LogP contribution in [0.15, 0.2) is 47.3 Å². The fourth-order valence-electron chi connectivity index (χ4n) is 3.25. The Morgan fingerprint density at radius 2 is 1.92 bits per heavy atom. The smallest absolute Gasteiger partial charge is 0.227 e. The number of aromatic nitrogens is 3. The van der Waals surface area contributed by atoms with Crippen LogP contribution in [-0.4, -0.2) is 28.6 Å². The first-order chi connectivity index (χ1) is 12.9. The Hall–Kier alpha value is -3.15. The summed E-state index contributed by atoms with van der Waals surface area (Å²) in [4.78, 5) is 16.1. The number of nitrogens with zero attached hydrogens (tertiary/aromatic N) is 5. The van der Waals surface area contributed by atoms with Gasteiger partial charge < -0.3 is 14.2 Å². The highest BCUT2D eigenvalue weighted by molar-refractivity contribution is 6.09. The third kappa shape index (κ3) is 1.68. The van der Waals surface area contributed by atoms with Gasteiger partial charge in [0.05, 0.1) is 12.4 Å². The van der Waals surface area contributed by atoms with E-state index in [1.165, 1.54) is 11.1 Å². The van der Waals surface area contributed by atoms with E-state index in [-0.39, 0.29) is 6.67 Å². The van der Waals surface area contributed by atoms with E-state index in [9.17, 15) is 0 Å². The van der Waals surface area contributed by atoms with Crippen molar-refractivity contribution in [2.24, 2.45) is 0 Å². The molecule has 0 N–H and O–H groups in total. The van der Waals surface area contributed by atoms with Crippen LogP contribution in [0.2, 0.25) is 0 Å². The van der Waals surface area contributed by atoms with Crippen LogP contribution in [0.3, 0.4) is 0 Å². The lowest BCUT2D eigenvalue weighted by atomic mass is 10.1. The highest BCUT2D eigenvalue weighted by Gasteiger charge is 2.30. The van der Waals surface area contributed by atoms with Gasteiger partial charge in [-0.15, -0.1) is 0 Å². The molecule has 5 rings (SSSR count). The van der Waals surface area contributed by atoms with Gasteiger partial charge in [-0.25, -0.2) is 15.0 Å². The van der Waals surface area contributed by atoms with Crippen molar-refractivity contribution in [1.29, 1.82) is 0 Å². The topological polar surface area (TPSA) is 58.3 Å². The van der Waals surface area contributed by atoms with E-state index in [4.69, 9.17) is 8.53 Å². The summed E-state index contributed by atoms with van der Waals surface area (Å²) >= 11 is 0. The van der Waals surface area contributed by atoms with Crippen LogP contribution in [0.5, 0.6) is 0 Å². The van der Waals surface area contributed by atoms with Crippen LogP contribution in [0.1, 0.15) is 9.68 Å². The molecule has 118 valence electrons. The number of benzene rings is 1. The first-order valence-corrected chi connectivity index (χ1v) is 7.58. The van der Waals surface area contributed by atoms with Crippen LogP contribution in [0, 0.1) is 6.92 Å². The normalized spacial score (nSPS) is 16.3. The molecule has 0 spiro atoms. The van der Waals surface area contributed by atoms with Crippen molar-refractivity contribution in [1.82, 2.24) is 15.0 Å². The summed E-state index contributed by atoms with van der Waals surface area (Å²) in [5, 5.41) is 1.84. The van der Waals surface area contributed by atoms with Gasteiger partial charge in [0.15, 0.2) is 17.2 Å². The quantitative estimate of drug-likeness (QED) is 0.534. The fourth-order valence-corrected chi connectivity index (χ4v) is 3.25. The molecular formula is C18H15N5O. The second-order valence-corrected chi connectivity index (χ2v) is 5.77. The van der Waals surface area contributed by atoms with Crippen LogP contribution < -0.4 is 9.80 Å². The molecule has 1 aliphatic rings. The Morgan fingerprint density at radius 3 is 2.79 bits per heavy atom. The standard InChI is InChI=1S/C18H15N5O/c1-11-5-6-12-13-4-3-7-21-18(13)24-15(12)14(11)23-10-22(2)16-17(23)20-9-8-19-16/h3-9H,10H2,1-2H3/i2D3. The molecular weight excluding hydrogens is 302 g/mol. The molecule has 3 aromatic heterocycles. The van der Waals surface area contributed by atoms with Gasteiger partial charge in [0.2, 0.25) is 5.71 Å². The molecule has 0 radical (unpaired) electrons. The number of rotatable bonds is 1. The highest BCUT2D eigenvalue weighted by Crippen LogP contribution is 2.43. The maximum Gasteiger partial charge on any atom is 0.227 e. The van der Waals surface area contributed by atoms with Gasteiger partial charge in [-0.3, -0.25) is 0 Å². The van der Waals surface area contributed by atoms with Crippen molar-refractivity contribution < 1.29 is 8.53 Å². The molecule has 0 aliphatic carbocycles. The van der Waals surface area contributed by atoms with Gasteiger partial charge in [-0.1, -0.05) is 12.1 Å². The first-order valence-electron chi connectivity index (χ1n) is 9.08. The summed E-state index contributed by atoms with van der Waals surface area (Å²) in [5.74, 6) is 0.834. The summed E-state index contributed by atoms with van der Waals surface area (Å²) in [5.41, 5.74) is 2.93. The van der Waals surface area contributed by atoms with Gasteiger partial charge in [0.25, 0.3) is 0 Å². The molecule has 1 aromatic carbocycles. The zero-order valence-electron chi connectivity index (χ0n) is 15.9. The lowest BCUT2D eigenvalue weighted by Gasteiger charge is -2.20. The van der Waals surface area contributed by atoms with Crippen molar-refractivity contribution in [3.63, 3.8) is 0 Å². The Balaban J connectivity index is 1.78. The number of pyridine rings is 1. The second kappa shape index (κ2) is 4.67. The molecule has 6 nitrogen and oxygen atoms in total. The monoisotopic (exact) mass is 320 g/mol. The Labute approximate surface area is 142 Å². The Morgan fingerprint density at radius 1 is 1.04 bits per heavy atom. The van der Waals surface area contributed by atoms with E-state index in [1.54, 1.807) is 12.4 Å². The van der Waals surface area contributed by atoms with E-state index in [1.807, 2.05) is 36.1 Å². The van der Waals surface area contributed by atoms with E-state index >= 15 is 0 Å². The minimum atomic E-state index is -2.32. The molecule has 0 bridgehead atoms. The Kier molecular flexibility index (Phi) is 2.06. The third-order valence-corrected chi connectivity index (χ3v) is 4.32. The molecule has 0 saturated heterocycles. The van der Waals surface area contributed by atoms with E-state index in [0.717, 1.165) is 22.0 Å². The summed E-state index contributed by atoms with van der Waals surface area (Å²) < 4.78 is 29.6. The average molecular weight is 320 g/mol. The lowest BCUT2D eigenvalue weighted by molar-refractivity contribution is 0.653. The predicted molar refractivity (Wildman–Crippen MR) is 93.7 cm³/mol. The minimum absolute atomic E-state index is 0.111. The predicted octanol–water partition coefficient (Wildman–Crippen LogP) is 3.62. The van der Waals surface area contributed by atoms with Gasteiger partial charge in [0.1, 0.15) is 0 Å². The van der Waals surface area contributed by atoms with Crippen molar-refractivity contribution in [3.05, 3.63) is 48.4 Å². The van der Waals surface area contributed by atoms with Gasteiger partial charge in [-0.2, -0.15) is 0 Å². The Bertz CT molecular complexity index is 1190. The molecule has 6 heteroatoms. The van der Waals surface area contributed by atoms with Crippen LogP contribution in [0.4, 0.5) is 17.3 Å². The fraction of sp³-hybridized carbons (Fsp3) is 0.167. The van der Waals surface area contributed by atoms with E-state index < -0.39 is 6.98 Å². The second-order valence-electron chi connectivity index (χ2n) is 5.77. The summed E-state index contributed by atoms with van der Waals surface area (Å²) in [6.07, 6.45) is 4.74. The van der Waals surface area contributed by atoms with Gasteiger partial charge in [-0.05, 0) is 24.6 Å². The van der Waals surface area contributed by atoms with Crippen molar-refractivity contribution in [2.45, 2.75) is 6.92 Å². The highest BCUT2D eigenvalue weighted by atomic mass is 16.3. The zero-order valence-corrected chi connectivity index (χ0v) is 12.9. The first kappa shape index (κ1) is 10.6. The maximum absolute atomic E-state index is 7.85. The van der Waals surface area contributed by atoms with E-state index in [0.29, 0.717) is 22.9 Å². The summed E-state index contributed by atoms with van der Waals surface area (Å²) in [6.45, 7) is -0.250. The molecule has 4 aromatic rings.